The van der Waals surface area contributed by atoms with E-state index in [-0.39, 0.29) is 0 Å². The lowest BCUT2D eigenvalue weighted by atomic mass is 10.0. The Kier molecular flexibility index (Phi) is 5.64. The zero-order valence-corrected chi connectivity index (χ0v) is 13.5. The van der Waals surface area contributed by atoms with Crippen molar-refractivity contribution in [3.63, 3.8) is 0 Å². The summed E-state index contributed by atoms with van der Waals surface area (Å²) in [7, 11) is 4.28. The summed E-state index contributed by atoms with van der Waals surface area (Å²) in [5.74, 6) is 0.929. The molecule has 1 aromatic heterocycles. The van der Waals surface area contributed by atoms with Crippen LogP contribution >= 0.6 is 11.6 Å². The fraction of sp³-hybridized carbons (Fsp3) is 0.667. The van der Waals surface area contributed by atoms with Crippen molar-refractivity contribution in [2.45, 2.75) is 32.4 Å². The minimum absolute atomic E-state index is 0.586. The number of aromatic nitrogens is 1. The van der Waals surface area contributed by atoms with Gasteiger partial charge in [0.05, 0.1) is 5.02 Å². The van der Waals surface area contributed by atoms with Gasteiger partial charge in [-0.1, -0.05) is 18.5 Å². The molecule has 0 bridgehead atoms. The highest BCUT2D eigenvalue weighted by atomic mass is 35.5. The first kappa shape index (κ1) is 15.5. The van der Waals surface area contributed by atoms with Gasteiger partial charge in [-0.15, -0.1) is 0 Å². The third-order valence-corrected chi connectivity index (χ3v) is 4.16. The average molecular weight is 297 g/mol. The number of rotatable bonds is 5. The molecule has 1 N–H and O–H groups in total. The molecule has 0 aliphatic carbocycles. The van der Waals surface area contributed by atoms with E-state index in [0.717, 1.165) is 42.6 Å². The Morgan fingerprint density at radius 2 is 2.30 bits per heavy atom. The van der Waals surface area contributed by atoms with Crippen molar-refractivity contribution in [1.82, 2.24) is 15.2 Å². The Morgan fingerprint density at radius 3 is 2.95 bits per heavy atom. The number of likely N-dealkylation sites (N-methyl/N-ethyl adjacent to an activating group) is 1. The van der Waals surface area contributed by atoms with Crippen LogP contribution in [-0.2, 0) is 6.54 Å². The SMILES string of the molecule is CCNCc1cnc(N2CCCC(N(C)C)C2)c(Cl)c1. The Labute approximate surface area is 127 Å². The van der Waals surface area contributed by atoms with Crippen molar-refractivity contribution in [3.8, 4) is 0 Å². The van der Waals surface area contributed by atoms with Gasteiger partial charge in [0, 0.05) is 31.9 Å². The smallest absolute Gasteiger partial charge is 0.147 e. The maximum Gasteiger partial charge on any atom is 0.147 e. The molecule has 1 aromatic rings. The molecule has 112 valence electrons. The minimum Gasteiger partial charge on any atom is -0.354 e. The number of pyridine rings is 1. The summed E-state index contributed by atoms with van der Waals surface area (Å²) in [6, 6.07) is 2.62. The first-order valence-corrected chi connectivity index (χ1v) is 7.76. The van der Waals surface area contributed by atoms with Crippen molar-refractivity contribution in [2.24, 2.45) is 0 Å². The van der Waals surface area contributed by atoms with E-state index in [9.17, 15) is 0 Å². The lowest BCUT2D eigenvalue weighted by Crippen LogP contribution is -2.45. The van der Waals surface area contributed by atoms with Crippen molar-refractivity contribution < 1.29 is 0 Å². The first-order valence-electron chi connectivity index (χ1n) is 7.38. The van der Waals surface area contributed by atoms with Crippen LogP contribution in [0.5, 0.6) is 0 Å². The van der Waals surface area contributed by atoms with Crippen molar-refractivity contribution >= 4 is 17.4 Å². The quantitative estimate of drug-likeness (QED) is 0.904. The standard InChI is InChI=1S/C15H25ClN4/c1-4-17-9-12-8-14(16)15(18-10-12)20-7-5-6-13(11-20)19(2)3/h8,10,13,17H,4-7,9,11H2,1-3H3. The molecule has 0 saturated carbocycles. The highest BCUT2D eigenvalue weighted by Gasteiger charge is 2.23. The number of halogens is 1. The van der Waals surface area contributed by atoms with Gasteiger partial charge in [-0.2, -0.15) is 0 Å². The summed E-state index contributed by atoms with van der Waals surface area (Å²) in [4.78, 5) is 9.19. The van der Waals surface area contributed by atoms with Crippen molar-refractivity contribution in [3.05, 3.63) is 22.8 Å². The average Bonchev–Trinajstić information content (AvgIpc) is 2.45. The van der Waals surface area contributed by atoms with Gasteiger partial charge < -0.3 is 15.1 Å². The topological polar surface area (TPSA) is 31.4 Å². The van der Waals surface area contributed by atoms with Crippen LogP contribution in [0.25, 0.3) is 0 Å². The molecule has 4 nitrogen and oxygen atoms in total. The number of hydrogen-bond acceptors (Lipinski definition) is 4. The summed E-state index contributed by atoms with van der Waals surface area (Å²) < 4.78 is 0. The van der Waals surface area contributed by atoms with Gasteiger partial charge >= 0.3 is 0 Å². The predicted molar refractivity (Wildman–Crippen MR) is 85.5 cm³/mol. The van der Waals surface area contributed by atoms with Crippen molar-refractivity contribution in [2.75, 3.05) is 38.6 Å². The summed E-state index contributed by atoms with van der Waals surface area (Å²) in [6.45, 7) is 5.92. The second-order valence-corrected chi connectivity index (χ2v) is 6.04. The van der Waals surface area contributed by atoms with E-state index in [0.29, 0.717) is 6.04 Å². The number of hydrogen-bond donors (Lipinski definition) is 1. The summed E-state index contributed by atoms with van der Waals surface area (Å²) in [5, 5.41) is 4.06. The molecule has 20 heavy (non-hydrogen) atoms. The Bertz CT molecular complexity index is 436. The highest BCUT2D eigenvalue weighted by Crippen LogP contribution is 2.27. The van der Waals surface area contributed by atoms with Crippen LogP contribution in [0.15, 0.2) is 12.3 Å². The Hall–Kier alpha value is -0.840. The molecule has 1 fully saturated rings. The lowest BCUT2D eigenvalue weighted by Gasteiger charge is -2.37. The zero-order chi connectivity index (χ0) is 14.5. The van der Waals surface area contributed by atoms with Crippen LogP contribution in [0.4, 0.5) is 5.82 Å². The molecule has 1 aliphatic rings. The Morgan fingerprint density at radius 1 is 1.50 bits per heavy atom. The van der Waals surface area contributed by atoms with Crippen LogP contribution < -0.4 is 10.2 Å². The van der Waals surface area contributed by atoms with Crippen LogP contribution in [0.2, 0.25) is 5.02 Å². The number of nitrogens with zero attached hydrogens (tertiary/aromatic N) is 3. The van der Waals surface area contributed by atoms with Crippen LogP contribution in [0, 0.1) is 0 Å². The van der Waals surface area contributed by atoms with E-state index in [1.807, 2.05) is 12.3 Å². The number of piperidine rings is 1. The van der Waals surface area contributed by atoms with Gasteiger partial charge in [-0.3, -0.25) is 0 Å². The molecule has 0 spiro atoms. The van der Waals surface area contributed by atoms with Crippen LogP contribution in [0.3, 0.4) is 0 Å². The van der Waals surface area contributed by atoms with Gasteiger partial charge in [-0.25, -0.2) is 4.98 Å². The van der Waals surface area contributed by atoms with Gasteiger partial charge in [0.2, 0.25) is 0 Å². The summed E-state index contributed by atoms with van der Waals surface area (Å²) >= 11 is 6.42. The zero-order valence-electron chi connectivity index (χ0n) is 12.7. The van der Waals surface area contributed by atoms with E-state index < -0.39 is 0 Å². The molecule has 1 unspecified atom stereocenters. The molecule has 0 aromatic carbocycles. The molecular formula is C15H25ClN4. The molecule has 2 rings (SSSR count). The molecule has 0 radical (unpaired) electrons. The molecule has 1 atom stereocenters. The van der Waals surface area contributed by atoms with Gasteiger partial charge in [0.15, 0.2) is 0 Å². The van der Waals surface area contributed by atoms with Crippen LogP contribution in [0.1, 0.15) is 25.3 Å². The molecular weight excluding hydrogens is 272 g/mol. The van der Waals surface area contributed by atoms with Gasteiger partial charge in [-0.05, 0) is 45.1 Å². The van der Waals surface area contributed by atoms with Gasteiger partial charge in [0.25, 0.3) is 0 Å². The minimum atomic E-state index is 0.586. The third kappa shape index (κ3) is 3.84. The second kappa shape index (κ2) is 7.25. The highest BCUT2D eigenvalue weighted by molar-refractivity contribution is 6.33. The van der Waals surface area contributed by atoms with E-state index >= 15 is 0 Å². The summed E-state index contributed by atoms with van der Waals surface area (Å²) in [6.07, 6.45) is 4.38. The predicted octanol–water partition coefficient (Wildman–Crippen LogP) is 2.37. The lowest BCUT2D eigenvalue weighted by molar-refractivity contribution is 0.257. The molecule has 5 heteroatoms. The number of nitrogens with one attached hydrogen (secondary N) is 1. The first-order chi connectivity index (χ1) is 9.61. The van der Waals surface area contributed by atoms with Crippen molar-refractivity contribution in [1.29, 1.82) is 0 Å². The van der Waals surface area contributed by atoms with E-state index in [4.69, 9.17) is 11.6 Å². The second-order valence-electron chi connectivity index (χ2n) is 5.64. The fourth-order valence-corrected chi connectivity index (χ4v) is 2.95. The van der Waals surface area contributed by atoms with E-state index in [2.05, 4.69) is 41.1 Å². The largest absolute Gasteiger partial charge is 0.354 e. The van der Waals surface area contributed by atoms with Crippen LogP contribution in [-0.4, -0.2) is 49.7 Å². The molecule has 0 amide bonds. The van der Waals surface area contributed by atoms with Gasteiger partial charge in [0.1, 0.15) is 5.82 Å². The molecule has 1 aliphatic heterocycles. The monoisotopic (exact) mass is 296 g/mol. The third-order valence-electron chi connectivity index (χ3n) is 3.88. The summed E-state index contributed by atoms with van der Waals surface area (Å²) in [5.41, 5.74) is 1.14. The van der Waals surface area contributed by atoms with E-state index in [1.54, 1.807) is 0 Å². The number of anilines is 1. The maximum absolute atomic E-state index is 6.42. The molecule has 2 heterocycles. The fourth-order valence-electron chi connectivity index (χ4n) is 2.64. The molecule has 1 saturated heterocycles. The van der Waals surface area contributed by atoms with E-state index in [1.165, 1.54) is 12.8 Å². The normalized spacial score (nSPS) is 19.6. The maximum atomic E-state index is 6.42. The Balaban J connectivity index is 2.08.